The van der Waals surface area contributed by atoms with Crippen molar-refractivity contribution in [2.24, 2.45) is 0 Å². The summed E-state index contributed by atoms with van der Waals surface area (Å²) in [5.41, 5.74) is 3.89. The quantitative estimate of drug-likeness (QED) is 0.686. The molecule has 3 aromatic rings. The monoisotopic (exact) mass is 384 g/mol. The van der Waals surface area contributed by atoms with Crippen LogP contribution in [0, 0.1) is 12.7 Å². The molecule has 1 aromatic carbocycles. The second-order valence-corrected chi connectivity index (χ2v) is 7.67. The average Bonchev–Trinajstić information content (AvgIpc) is 3.36. The summed E-state index contributed by atoms with van der Waals surface area (Å²) in [6.07, 6.45) is 5.71. The van der Waals surface area contributed by atoms with Crippen LogP contribution in [0.1, 0.15) is 46.2 Å². The minimum absolute atomic E-state index is 0.0413. The third-order valence-corrected chi connectivity index (χ3v) is 5.68. The number of likely N-dealkylation sites (tertiary alicyclic amines) is 1. The fourth-order valence-electron chi connectivity index (χ4n) is 3.64. The minimum atomic E-state index is -0.285. The van der Waals surface area contributed by atoms with Gasteiger partial charge in [-0.3, -0.25) is 4.79 Å². The Kier molecular flexibility index (Phi) is 5.03. The van der Waals surface area contributed by atoms with Gasteiger partial charge in [0.05, 0.1) is 17.7 Å². The van der Waals surface area contributed by atoms with Crippen molar-refractivity contribution in [1.29, 1.82) is 0 Å². The lowest BCUT2D eigenvalue weighted by molar-refractivity contribution is 0.0703. The predicted octanol–water partition coefficient (Wildman–Crippen LogP) is 3.86. The van der Waals surface area contributed by atoms with Crippen molar-refractivity contribution in [1.82, 2.24) is 19.4 Å². The van der Waals surface area contributed by atoms with Gasteiger partial charge in [-0.2, -0.15) is 0 Å². The van der Waals surface area contributed by atoms with Gasteiger partial charge in [-0.05, 0) is 43.5 Å². The Labute approximate surface area is 161 Å². The first-order valence-electron chi connectivity index (χ1n) is 9.05. The number of halogens is 1. The van der Waals surface area contributed by atoms with Gasteiger partial charge in [0.25, 0.3) is 5.91 Å². The fraction of sp³-hybridized carbons (Fsp3) is 0.350. The van der Waals surface area contributed by atoms with Crippen molar-refractivity contribution in [2.45, 2.75) is 32.2 Å². The molecule has 0 saturated carbocycles. The van der Waals surface area contributed by atoms with Gasteiger partial charge in [-0.25, -0.2) is 14.4 Å². The van der Waals surface area contributed by atoms with Crippen LogP contribution in [0.5, 0.6) is 0 Å². The number of benzene rings is 1. The average molecular weight is 384 g/mol. The van der Waals surface area contributed by atoms with Crippen LogP contribution in [0.4, 0.5) is 4.39 Å². The minimum Gasteiger partial charge on any atom is -0.338 e. The molecule has 3 heterocycles. The van der Waals surface area contributed by atoms with Gasteiger partial charge < -0.3 is 9.47 Å². The number of carbonyl (C=O) groups excluding carboxylic acids is 1. The number of rotatable bonds is 4. The maximum atomic E-state index is 13.5. The second kappa shape index (κ2) is 7.60. The summed E-state index contributed by atoms with van der Waals surface area (Å²) >= 11 is 1.58. The molecule has 0 N–H and O–H groups in total. The molecule has 1 aliphatic rings. The lowest BCUT2D eigenvalue weighted by Gasteiger charge is -2.32. The van der Waals surface area contributed by atoms with Crippen molar-refractivity contribution < 1.29 is 9.18 Å². The lowest BCUT2D eigenvalue weighted by atomic mass is 9.96. The molecule has 1 aliphatic heterocycles. The molecule has 5 nitrogen and oxygen atoms in total. The molecule has 0 radical (unpaired) electrons. The zero-order valence-electron chi connectivity index (χ0n) is 15.1. The molecule has 1 fully saturated rings. The van der Waals surface area contributed by atoms with Crippen molar-refractivity contribution in [3.05, 3.63) is 69.9 Å². The molecule has 0 bridgehead atoms. The Morgan fingerprint density at radius 3 is 3.04 bits per heavy atom. The van der Waals surface area contributed by atoms with E-state index in [-0.39, 0.29) is 17.6 Å². The van der Waals surface area contributed by atoms with E-state index in [1.807, 2.05) is 28.2 Å². The van der Waals surface area contributed by atoms with E-state index in [1.165, 1.54) is 6.07 Å². The van der Waals surface area contributed by atoms with E-state index in [1.54, 1.807) is 30.4 Å². The van der Waals surface area contributed by atoms with E-state index in [0.717, 1.165) is 30.9 Å². The smallest absolute Gasteiger partial charge is 0.253 e. The number of hydrogen-bond acceptors (Lipinski definition) is 4. The Bertz CT molecular complexity index is 937. The number of piperidine rings is 1. The second-order valence-electron chi connectivity index (χ2n) is 6.95. The van der Waals surface area contributed by atoms with E-state index in [0.29, 0.717) is 24.2 Å². The van der Waals surface area contributed by atoms with Crippen molar-refractivity contribution in [3.8, 4) is 0 Å². The molecule has 1 unspecified atom stereocenters. The molecule has 1 amide bonds. The Balaban J connectivity index is 1.51. The van der Waals surface area contributed by atoms with Gasteiger partial charge >= 0.3 is 0 Å². The van der Waals surface area contributed by atoms with Gasteiger partial charge in [-0.15, -0.1) is 11.3 Å². The normalized spacial score (nSPS) is 17.3. The molecular weight excluding hydrogens is 363 g/mol. The maximum absolute atomic E-state index is 13.5. The van der Waals surface area contributed by atoms with Crippen LogP contribution in [-0.4, -0.2) is 38.4 Å². The number of hydrogen-bond donors (Lipinski definition) is 0. The van der Waals surface area contributed by atoms with Gasteiger partial charge in [0.2, 0.25) is 0 Å². The van der Waals surface area contributed by atoms with Crippen molar-refractivity contribution >= 4 is 17.2 Å². The number of nitrogens with zero attached hydrogens (tertiary/aromatic N) is 4. The summed E-state index contributed by atoms with van der Waals surface area (Å²) < 4.78 is 15.6. The van der Waals surface area contributed by atoms with E-state index in [9.17, 15) is 9.18 Å². The molecule has 0 aliphatic carbocycles. The number of aryl methyl sites for hydroxylation is 1. The predicted molar refractivity (Wildman–Crippen MR) is 102 cm³/mol. The van der Waals surface area contributed by atoms with Crippen LogP contribution in [0.25, 0.3) is 0 Å². The Morgan fingerprint density at radius 1 is 1.37 bits per heavy atom. The summed E-state index contributed by atoms with van der Waals surface area (Å²) in [6.45, 7) is 3.72. The standard InChI is InChI=1S/C20H21FN4OS/c1-14-9-15(4-5-18(14)21)20(26)25-7-2-3-16(10-25)19-22-6-8-24(19)11-17-12-27-13-23-17/h4-6,8-9,12-13,16H,2-3,7,10-11H2,1H3. The van der Waals surface area contributed by atoms with Crippen LogP contribution in [0.15, 0.2) is 41.5 Å². The van der Waals surface area contributed by atoms with Gasteiger partial charge in [0.15, 0.2) is 0 Å². The van der Waals surface area contributed by atoms with Gasteiger partial charge in [0.1, 0.15) is 11.6 Å². The van der Waals surface area contributed by atoms with Crippen LogP contribution in [0.2, 0.25) is 0 Å². The first kappa shape index (κ1) is 17.9. The summed E-state index contributed by atoms with van der Waals surface area (Å²) in [6, 6.07) is 4.56. The van der Waals surface area contributed by atoms with Crippen LogP contribution < -0.4 is 0 Å². The van der Waals surface area contributed by atoms with Crippen LogP contribution >= 0.6 is 11.3 Å². The van der Waals surface area contributed by atoms with E-state index in [4.69, 9.17) is 0 Å². The largest absolute Gasteiger partial charge is 0.338 e. The number of imidazole rings is 1. The molecule has 140 valence electrons. The number of thiazole rings is 1. The number of aromatic nitrogens is 3. The molecular formula is C20H21FN4OS. The molecule has 1 atom stereocenters. The number of amides is 1. The van der Waals surface area contributed by atoms with Crippen molar-refractivity contribution in [2.75, 3.05) is 13.1 Å². The third-order valence-electron chi connectivity index (χ3n) is 5.04. The van der Waals surface area contributed by atoms with E-state index >= 15 is 0 Å². The zero-order chi connectivity index (χ0) is 18.8. The van der Waals surface area contributed by atoms with E-state index < -0.39 is 0 Å². The zero-order valence-corrected chi connectivity index (χ0v) is 16.0. The molecule has 27 heavy (non-hydrogen) atoms. The lowest BCUT2D eigenvalue weighted by Crippen LogP contribution is -2.39. The Morgan fingerprint density at radius 2 is 2.26 bits per heavy atom. The first-order chi connectivity index (χ1) is 13.1. The topological polar surface area (TPSA) is 51.0 Å². The summed E-state index contributed by atoms with van der Waals surface area (Å²) in [7, 11) is 0. The molecule has 4 rings (SSSR count). The molecule has 2 aromatic heterocycles. The SMILES string of the molecule is Cc1cc(C(=O)N2CCCC(c3nccn3Cc3cscn3)C2)ccc1F. The summed E-state index contributed by atoms with van der Waals surface area (Å²) in [5, 5.41) is 2.04. The summed E-state index contributed by atoms with van der Waals surface area (Å²) in [4.78, 5) is 23.7. The Hall–Kier alpha value is -2.54. The van der Waals surface area contributed by atoms with Gasteiger partial charge in [0, 0.05) is 42.3 Å². The molecule has 1 saturated heterocycles. The highest BCUT2D eigenvalue weighted by atomic mass is 32.1. The van der Waals surface area contributed by atoms with Crippen LogP contribution in [0.3, 0.4) is 0 Å². The first-order valence-corrected chi connectivity index (χ1v) is 9.99. The van der Waals surface area contributed by atoms with Crippen LogP contribution in [-0.2, 0) is 6.54 Å². The van der Waals surface area contributed by atoms with E-state index in [2.05, 4.69) is 14.5 Å². The number of carbonyl (C=O) groups is 1. The highest BCUT2D eigenvalue weighted by Gasteiger charge is 2.28. The third kappa shape index (κ3) is 3.78. The van der Waals surface area contributed by atoms with Crippen molar-refractivity contribution in [3.63, 3.8) is 0 Å². The molecule has 0 spiro atoms. The highest BCUT2D eigenvalue weighted by Crippen LogP contribution is 2.27. The highest BCUT2D eigenvalue weighted by molar-refractivity contribution is 7.07. The fourth-order valence-corrected chi connectivity index (χ4v) is 4.19. The molecule has 7 heteroatoms. The maximum Gasteiger partial charge on any atom is 0.253 e. The van der Waals surface area contributed by atoms with Gasteiger partial charge in [-0.1, -0.05) is 0 Å². The summed E-state index contributed by atoms with van der Waals surface area (Å²) in [5.74, 6) is 0.862.